The quantitative estimate of drug-likeness (QED) is 0.219. The van der Waals surface area contributed by atoms with Gasteiger partial charge in [0.05, 0.1) is 18.6 Å². The van der Waals surface area contributed by atoms with E-state index in [1.807, 2.05) is 68.4 Å². The van der Waals surface area contributed by atoms with Gasteiger partial charge >= 0.3 is 5.97 Å². The van der Waals surface area contributed by atoms with Crippen molar-refractivity contribution in [2.24, 2.45) is 5.73 Å². The predicted molar refractivity (Wildman–Crippen MR) is 150 cm³/mol. The lowest BCUT2D eigenvalue weighted by atomic mass is 9.83. The summed E-state index contributed by atoms with van der Waals surface area (Å²) in [6, 6.07) is 28.0. The molecule has 0 saturated carbocycles. The van der Waals surface area contributed by atoms with E-state index >= 15 is 0 Å². The Morgan fingerprint density at radius 2 is 1.62 bits per heavy atom. The number of benzene rings is 4. The Hall–Kier alpha value is -5.22. The first-order valence-electron chi connectivity index (χ1n) is 12.7. The number of hydrogen-bond donors (Lipinski definition) is 1. The summed E-state index contributed by atoms with van der Waals surface area (Å²) in [7, 11) is 1.57. The van der Waals surface area contributed by atoms with Gasteiger partial charge in [0, 0.05) is 11.6 Å². The van der Waals surface area contributed by atoms with Crippen molar-refractivity contribution < 1.29 is 23.7 Å². The Kier molecular flexibility index (Phi) is 7.43. The minimum absolute atomic E-state index is 0.0133. The minimum atomic E-state index is -0.518. The fourth-order valence-corrected chi connectivity index (χ4v) is 4.53. The number of hydrogen-bond acceptors (Lipinski definition) is 7. The van der Waals surface area contributed by atoms with Gasteiger partial charge in [-0.2, -0.15) is 5.26 Å². The van der Waals surface area contributed by atoms with E-state index in [0.29, 0.717) is 40.7 Å². The first-order valence-corrected chi connectivity index (χ1v) is 12.7. The van der Waals surface area contributed by atoms with Gasteiger partial charge in [0.1, 0.15) is 29.7 Å². The van der Waals surface area contributed by atoms with Gasteiger partial charge in [-0.25, -0.2) is 4.79 Å². The highest BCUT2D eigenvalue weighted by Gasteiger charge is 2.32. The molecule has 1 heterocycles. The van der Waals surface area contributed by atoms with Crippen LogP contribution in [0.2, 0.25) is 0 Å². The smallest absolute Gasteiger partial charge is 0.343 e. The van der Waals surface area contributed by atoms with Crippen molar-refractivity contribution in [3.8, 4) is 29.1 Å². The molecule has 0 spiro atoms. The molecule has 0 fully saturated rings. The summed E-state index contributed by atoms with van der Waals surface area (Å²) in [4.78, 5) is 12.6. The third-order valence-corrected chi connectivity index (χ3v) is 6.72. The molecule has 0 saturated heterocycles. The first-order chi connectivity index (χ1) is 19.4. The summed E-state index contributed by atoms with van der Waals surface area (Å²) in [6.45, 7) is 4.37. The molecule has 4 aromatic rings. The van der Waals surface area contributed by atoms with Crippen molar-refractivity contribution in [1.82, 2.24) is 0 Å². The number of aryl methyl sites for hydroxylation is 2. The van der Waals surface area contributed by atoms with Gasteiger partial charge < -0.3 is 24.7 Å². The molecule has 0 amide bonds. The van der Waals surface area contributed by atoms with Gasteiger partial charge in [-0.3, -0.25) is 0 Å². The number of ether oxygens (including phenoxy) is 4. The average molecular weight is 533 g/mol. The van der Waals surface area contributed by atoms with Crippen LogP contribution in [0.25, 0.3) is 0 Å². The molecule has 7 nitrogen and oxygen atoms in total. The molecule has 0 bridgehead atoms. The van der Waals surface area contributed by atoms with E-state index in [-0.39, 0.29) is 11.5 Å². The van der Waals surface area contributed by atoms with Gasteiger partial charge in [-0.15, -0.1) is 0 Å². The molecule has 40 heavy (non-hydrogen) atoms. The van der Waals surface area contributed by atoms with Gasteiger partial charge in [0.15, 0.2) is 11.5 Å². The molecule has 1 aliphatic heterocycles. The van der Waals surface area contributed by atoms with Crippen molar-refractivity contribution in [2.75, 3.05) is 7.11 Å². The first kappa shape index (κ1) is 26.4. The number of rotatable bonds is 7. The Morgan fingerprint density at radius 1 is 0.925 bits per heavy atom. The number of esters is 1. The fraction of sp³-hybridized carbons (Fsp3) is 0.152. The fourth-order valence-electron chi connectivity index (χ4n) is 4.53. The van der Waals surface area contributed by atoms with E-state index in [2.05, 4.69) is 6.07 Å². The Labute approximate surface area is 233 Å². The third kappa shape index (κ3) is 5.47. The van der Waals surface area contributed by atoms with E-state index in [0.717, 1.165) is 16.7 Å². The second-order valence-electron chi connectivity index (χ2n) is 9.56. The van der Waals surface area contributed by atoms with E-state index in [1.165, 1.54) is 5.56 Å². The number of allylic oxidation sites excluding steroid dienone is 1. The van der Waals surface area contributed by atoms with Crippen LogP contribution in [0.4, 0.5) is 0 Å². The van der Waals surface area contributed by atoms with Crippen LogP contribution in [0.1, 0.15) is 44.1 Å². The average Bonchev–Trinajstić information content (AvgIpc) is 2.96. The largest absolute Gasteiger partial charge is 0.493 e. The molecular weight excluding hydrogens is 504 g/mol. The van der Waals surface area contributed by atoms with Crippen molar-refractivity contribution in [3.05, 3.63) is 130 Å². The normalized spacial score (nSPS) is 14.0. The SMILES string of the molecule is COc1cc(C2C(C#N)=C(N)Oc3cc(OC(=O)c4ccc(C)cc4)ccc32)ccc1OCc1ccc(C)cc1. The van der Waals surface area contributed by atoms with E-state index < -0.39 is 11.9 Å². The van der Waals surface area contributed by atoms with Crippen LogP contribution in [0.15, 0.2) is 96.4 Å². The van der Waals surface area contributed by atoms with Crippen molar-refractivity contribution in [1.29, 1.82) is 5.26 Å². The lowest BCUT2D eigenvalue weighted by Crippen LogP contribution is -2.21. The molecule has 2 N–H and O–H groups in total. The zero-order chi connectivity index (χ0) is 28.2. The van der Waals surface area contributed by atoms with Crippen LogP contribution in [0.5, 0.6) is 23.0 Å². The number of nitrogens with two attached hydrogens (primary N) is 1. The van der Waals surface area contributed by atoms with Gasteiger partial charge in [-0.05, 0) is 55.3 Å². The number of nitrogens with zero attached hydrogens (tertiary/aromatic N) is 1. The molecule has 1 atom stereocenters. The standard InChI is InChI=1S/C33H28N2O5/c1-20-4-8-22(9-5-20)19-38-28-15-12-24(16-30(28)37-3)31-26-14-13-25(17-29(26)40-32(35)27(31)18-34)39-33(36)23-10-6-21(2)7-11-23/h4-17,31H,19,35H2,1-3H3. The van der Waals surface area contributed by atoms with E-state index in [9.17, 15) is 10.1 Å². The number of fused-ring (bicyclic) bond motifs is 1. The Balaban J connectivity index is 1.42. The molecule has 1 unspecified atom stereocenters. The zero-order valence-corrected chi connectivity index (χ0v) is 22.4. The molecule has 0 aliphatic carbocycles. The topological polar surface area (TPSA) is 104 Å². The molecule has 7 heteroatoms. The van der Waals surface area contributed by atoms with Crippen molar-refractivity contribution in [3.63, 3.8) is 0 Å². The highest BCUT2D eigenvalue weighted by Crippen LogP contribution is 2.45. The van der Waals surface area contributed by atoms with E-state index in [4.69, 9.17) is 24.7 Å². The van der Waals surface area contributed by atoms with Crippen LogP contribution < -0.4 is 24.7 Å². The molecule has 4 aromatic carbocycles. The molecular formula is C33H28N2O5. The van der Waals surface area contributed by atoms with Crippen LogP contribution in [0.3, 0.4) is 0 Å². The van der Waals surface area contributed by atoms with Gasteiger partial charge in [0.2, 0.25) is 5.88 Å². The zero-order valence-electron chi connectivity index (χ0n) is 22.4. The summed E-state index contributed by atoms with van der Waals surface area (Å²) in [6.07, 6.45) is 0. The summed E-state index contributed by atoms with van der Waals surface area (Å²) in [5, 5.41) is 9.96. The van der Waals surface area contributed by atoms with E-state index in [1.54, 1.807) is 37.4 Å². The number of carbonyl (C=O) groups is 1. The maximum Gasteiger partial charge on any atom is 0.343 e. The molecule has 1 aliphatic rings. The number of carbonyl (C=O) groups excluding carboxylic acids is 1. The lowest BCUT2D eigenvalue weighted by Gasteiger charge is -2.27. The molecule has 0 radical (unpaired) electrons. The second kappa shape index (κ2) is 11.3. The molecule has 0 aromatic heterocycles. The maximum atomic E-state index is 12.6. The summed E-state index contributed by atoms with van der Waals surface area (Å²) >= 11 is 0. The Morgan fingerprint density at radius 3 is 2.30 bits per heavy atom. The summed E-state index contributed by atoms with van der Waals surface area (Å²) in [5.74, 6) is 0.781. The van der Waals surface area contributed by atoms with Gasteiger partial charge in [0.25, 0.3) is 0 Å². The number of methoxy groups -OCH3 is 1. The highest BCUT2D eigenvalue weighted by atomic mass is 16.5. The lowest BCUT2D eigenvalue weighted by molar-refractivity contribution is 0.0734. The minimum Gasteiger partial charge on any atom is -0.493 e. The molecule has 5 rings (SSSR count). The van der Waals surface area contributed by atoms with Crippen LogP contribution >= 0.6 is 0 Å². The number of nitriles is 1. The molecule has 200 valence electrons. The van der Waals surface area contributed by atoms with Crippen molar-refractivity contribution >= 4 is 5.97 Å². The third-order valence-electron chi connectivity index (χ3n) is 6.72. The van der Waals surface area contributed by atoms with Crippen LogP contribution in [-0.4, -0.2) is 13.1 Å². The van der Waals surface area contributed by atoms with Gasteiger partial charge in [-0.1, -0.05) is 59.7 Å². The van der Waals surface area contributed by atoms with Crippen LogP contribution in [0, 0.1) is 25.2 Å². The highest BCUT2D eigenvalue weighted by molar-refractivity contribution is 5.91. The maximum absolute atomic E-state index is 12.6. The summed E-state index contributed by atoms with van der Waals surface area (Å²) in [5.41, 5.74) is 11.6. The Bertz CT molecular complexity index is 1630. The summed E-state index contributed by atoms with van der Waals surface area (Å²) < 4.78 is 23.0. The predicted octanol–water partition coefficient (Wildman–Crippen LogP) is 6.33. The van der Waals surface area contributed by atoms with Crippen molar-refractivity contribution in [2.45, 2.75) is 26.4 Å². The monoisotopic (exact) mass is 532 g/mol. The van der Waals surface area contributed by atoms with Crippen LogP contribution in [-0.2, 0) is 6.61 Å². The second-order valence-corrected chi connectivity index (χ2v) is 9.56.